The SMILES string of the molecule is CC/C=C\C/C=C\C/C=C\C/C=C\C/C=C\CCCCCCCCCC(=O)OCC(O)COP(=O)(O)OCC(O)COP(=O)(O)OCC(COC(=O)CCCCCC/C=C\C/C=C\C/C=C\C/C=C\CC)OC(=O)CCCCCCCCCCCCC. The van der Waals surface area contributed by atoms with Gasteiger partial charge in [0.25, 0.3) is 0 Å². The lowest BCUT2D eigenvalue weighted by molar-refractivity contribution is -0.161. The first-order valence-corrected chi connectivity index (χ1v) is 36.2. The van der Waals surface area contributed by atoms with Crippen LogP contribution in [0.3, 0.4) is 0 Å². The quantitative estimate of drug-likeness (QED) is 0.0146. The molecule has 0 rings (SSSR count). The fraction of sp³-hybridized carbons (Fsp3) is 0.696. The van der Waals surface area contributed by atoms with Gasteiger partial charge in [-0.2, -0.15) is 0 Å². The second kappa shape index (κ2) is 62.4. The highest BCUT2D eigenvalue weighted by Crippen LogP contribution is 2.45. The Morgan fingerprint density at radius 1 is 0.333 bits per heavy atom. The highest BCUT2D eigenvalue weighted by atomic mass is 31.2. The number of allylic oxidation sites excluding steroid dienone is 18. The molecule has 0 spiro atoms. The summed E-state index contributed by atoms with van der Waals surface area (Å²) < 4.78 is 60.7. The maximum absolute atomic E-state index is 12.9. The van der Waals surface area contributed by atoms with Crippen LogP contribution in [0, 0.1) is 0 Å². The zero-order valence-corrected chi connectivity index (χ0v) is 55.7. The van der Waals surface area contributed by atoms with Crippen molar-refractivity contribution in [3.8, 4) is 0 Å². The molecule has 0 bridgehead atoms. The van der Waals surface area contributed by atoms with Crippen LogP contribution in [0.15, 0.2) is 109 Å². The molecule has 0 amide bonds. The van der Waals surface area contributed by atoms with Crippen LogP contribution in [0.4, 0.5) is 0 Å². The number of hydrogen-bond donors (Lipinski definition) is 4. The molecule has 500 valence electrons. The average molecular weight is 1270 g/mol. The van der Waals surface area contributed by atoms with Crippen LogP contribution < -0.4 is 0 Å². The third-order valence-electron chi connectivity index (χ3n) is 13.5. The molecule has 0 radical (unpaired) electrons. The number of carbonyl (C=O) groups is 3. The molecule has 5 atom stereocenters. The normalized spacial score (nSPS) is 15.0. The Kier molecular flexibility index (Phi) is 59.7. The van der Waals surface area contributed by atoms with Crippen molar-refractivity contribution in [3.63, 3.8) is 0 Å². The van der Waals surface area contributed by atoms with Crippen molar-refractivity contribution in [2.45, 2.75) is 270 Å². The lowest BCUT2D eigenvalue weighted by atomic mass is 10.1. The van der Waals surface area contributed by atoms with Gasteiger partial charge in [0.1, 0.15) is 25.4 Å². The van der Waals surface area contributed by atoms with E-state index in [9.17, 15) is 43.5 Å². The summed E-state index contributed by atoms with van der Waals surface area (Å²) in [4.78, 5) is 58.2. The number of phosphoric ester groups is 2. The average Bonchev–Trinajstić information content (AvgIpc) is 3.57. The van der Waals surface area contributed by atoms with E-state index in [4.69, 9.17) is 32.3 Å². The number of ether oxygens (including phenoxy) is 3. The van der Waals surface area contributed by atoms with Gasteiger partial charge in [-0.15, -0.1) is 0 Å². The Balaban J connectivity index is 4.58. The number of esters is 3. The van der Waals surface area contributed by atoms with E-state index in [0.717, 1.165) is 154 Å². The Morgan fingerprint density at radius 3 is 0.966 bits per heavy atom. The van der Waals surface area contributed by atoms with Gasteiger partial charge in [0.2, 0.25) is 0 Å². The number of carbonyl (C=O) groups excluding carboxylic acids is 3. The Bertz CT molecular complexity index is 2030. The van der Waals surface area contributed by atoms with Gasteiger partial charge in [-0.3, -0.25) is 32.5 Å². The zero-order valence-electron chi connectivity index (χ0n) is 53.9. The summed E-state index contributed by atoms with van der Waals surface area (Å²) >= 11 is 0. The van der Waals surface area contributed by atoms with Crippen molar-refractivity contribution >= 4 is 33.6 Å². The molecule has 87 heavy (non-hydrogen) atoms. The minimum Gasteiger partial charge on any atom is -0.463 e. The standard InChI is InChI=1S/C69H118O16P2/c1-4-7-10-13-16-19-22-24-26-28-29-30-31-32-33-35-37-38-41-43-46-49-52-55-67(72)79-58-64(70)59-81-86(75,76)82-60-65(71)61-83-87(77,78)84-63-66(85-69(74)57-54-51-48-45-40-21-18-15-12-9-6-3)62-80-68(73)56-53-50-47-44-42-39-36-34-27-25-23-20-17-14-11-8-5-2/h7-8,10-11,16-17,19-20,24-27,29-30,32-33,36,39,64-66,70-71H,4-6,9,12-15,18,21-23,28,31,34-35,37-38,40-63H2,1-3H3,(H,75,76)(H,77,78)/b10-7-,11-8-,19-16-,20-17-,26-24-,27-25-,30-29-,33-32-,39-36-. The number of rotatable bonds is 62. The number of unbranched alkanes of at least 4 members (excludes halogenated alkanes) is 21. The third-order valence-corrected chi connectivity index (χ3v) is 15.4. The monoisotopic (exact) mass is 1260 g/mol. The first kappa shape index (κ1) is 83.2. The van der Waals surface area contributed by atoms with Crippen molar-refractivity contribution in [3.05, 3.63) is 109 Å². The van der Waals surface area contributed by atoms with Crippen LogP contribution in [0.1, 0.15) is 252 Å². The number of phosphoric acid groups is 2. The molecule has 0 aliphatic rings. The van der Waals surface area contributed by atoms with Gasteiger partial charge in [0.05, 0.1) is 26.4 Å². The highest BCUT2D eigenvalue weighted by Gasteiger charge is 2.29. The first-order valence-electron chi connectivity index (χ1n) is 33.2. The molecule has 16 nitrogen and oxygen atoms in total. The molecule has 0 aliphatic carbocycles. The molecule has 0 aliphatic heterocycles. The van der Waals surface area contributed by atoms with Crippen molar-refractivity contribution in [2.24, 2.45) is 0 Å². The molecule has 4 N–H and O–H groups in total. The topological polar surface area (TPSA) is 231 Å². The number of hydrogen-bond acceptors (Lipinski definition) is 14. The molecule has 0 aromatic rings. The number of aliphatic hydroxyl groups excluding tert-OH is 2. The van der Waals surface area contributed by atoms with Gasteiger partial charge in [-0.25, -0.2) is 9.13 Å². The van der Waals surface area contributed by atoms with Gasteiger partial charge < -0.3 is 34.2 Å². The predicted octanol–water partition coefficient (Wildman–Crippen LogP) is 18.1. The smallest absolute Gasteiger partial charge is 0.463 e. The summed E-state index contributed by atoms with van der Waals surface area (Å²) in [6.45, 7) is 2.38. The van der Waals surface area contributed by atoms with Gasteiger partial charge in [-0.1, -0.05) is 239 Å². The maximum atomic E-state index is 12.9. The van der Waals surface area contributed by atoms with E-state index in [0.29, 0.717) is 19.3 Å². The molecule has 0 aromatic carbocycles. The molecular formula is C69H118O16P2. The van der Waals surface area contributed by atoms with E-state index in [1.165, 1.54) is 38.5 Å². The first-order chi connectivity index (χ1) is 42.2. The summed E-state index contributed by atoms with van der Waals surface area (Å²) in [6.07, 6.45) is 68.6. The minimum absolute atomic E-state index is 0.0995. The van der Waals surface area contributed by atoms with Crippen LogP contribution >= 0.6 is 15.6 Å². The fourth-order valence-corrected chi connectivity index (χ4v) is 10.1. The number of aliphatic hydroxyl groups is 2. The van der Waals surface area contributed by atoms with E-state index in [1.54, 1.807) is 0 Å². The molecule has 0 heterocycles. The van der Waals surface area contributed by atoms with Crippen molar-refractivity contribution in [2.75, 3.05) is 39.6 Å². The van der Waals surface area contributed by atoms with Crippen LogP contribution in [-0.2, 0) is 55.8 Å². The second-order valence-electron chi connectivity index (χ2n) is 21.9. The van der Waals surface area contributed by atoms with Crippen LogP contribution in [0.25, 0.3) is 0 Å². The summed E-state index contributed by atoms with van der Waals surface area (Å²) in [5.41, 5.74) is 0. The highest BCUT2D eigenvalue weighted by molar-refractivity contribution is 7.47. The lowest BCUT2D eigenvalue weighted by Crippen LogP contribution is -2.30. The zero-order chi connectivity index (χ0) is 63.8. The van der Waals surface area contributed by atoms with Crippen LogP contribution in [0.5, 0.6) is 0 Å². The van der Waals surface area contributed by atoms with Crippen molar-refractivity contribution < 1.29 is 75.8 Å². The van der Waals surface area contributed by atoms with Crippen LogP contribution in [0.2, 0.25) is 0 Å². The molecule has 5 unspecified atom stereocenters. The van der Waals surface area contributed by atoms with Crippen LogP contribution in [-0.4, -0.2) is 95.9 Å². The van der Waals surface area contributed by atoms with E-state index in [-0.39, 0.29) is 19.3 Å². The van der Waals surface area contributed by atoms with Gasteiger partial charge in [0.15, 0.2) is 6.10 Å². The second-order valence-corrected chi connectivity index (χ2v) is 24.8. The Labute approximate surface area is 526 Å². The molecule has 0 aromatic heterocycles. The molecule has 0 saturated carbocycles. The molecule has 0 saturated heterocycles. The third kappa shape index (κ3) is 63.6. The predicted molar refractivity (Wildman–Crippen MR) is 353 cm³/mol. The van der Waals surface area contributed by atoms with Gasteiger partial charge in [0, 0.05) is 19.3 Å². The van der Waals surface area contributed by atoms with E-state index in [1.807, 2.05) is 0 Å². The fourth-order valence-electron chi connectivity index (χ4n) is 8.47. The van der Waals surface area contributed by atoms with E-state index >= 15 is 0 Å². The molecular weight excluding hydrogens is 1150 g/mol. The Hall–Kier alpha value is -3.79. The van der Waals surface area contributed by atoms with Crippen molar-refractivity contribution in [1.29, 1.82) is 0 Å². The van der Waals surface area contributed by atoms with Gasteiger partial charge in [-0.05, 0) is 103 Å². The summed E-state index contributed by atoms with van der Waals surface area (Å²) in [5.74, 6) is -1.61. The summed E-state index contributed by atoms with van der Waals surface area (Å²) in [5, 5.41) is 20.5. The Morgan fingerprint density at radius 2 is 0.609 bits per heavy atom. The summed E-state index contributed by atoms with van der Waals surface area (Å²) in [6, 6.07) is 0. The minimum atomic E-state index is -4.92. The van der Waals surface area contributed by atoms with Gasteiger partial charge >= 0.3 is 33.6 Å². The summed E-state index contributed by atoms with van der Waals surface area (Å²) in [7, 11) is -9.78. The molecule has 18 heteroatoms. The van der Waals surface area contributed by atoms with E-state index in [2.05, 4.69) is 130 Å². The van der Waals surface area contributed by atoms with Crippen molar-refractivity contribution in [1.82, 2.24) is 0 Å². The lowest BCUT2D eigenvalue weighted by Gasteiger charge is -2.21. The largest absolute Gasteiger partial charge is 0.472 e. The maximum Gasteiger partial charge on any atom is 0.472 e. The molecule has 0 fully saturated rings. The van der Waals surface area contributed by atoms with E-state index < -0.39 is 91.5 Å².